The highest BCUT2D eigenvalue weighted by Gasteiger charge is 2.32. The van der Waals surface area contributed by atoms with Gasteiger partial charge in [-0.05, 0) is 49.7 Å². The maximum Gasteiger partial charge on any atom is 0.307 e. The van der Waals surface area contributed by atoms with Gasteiger partial charge in [-0.15, -0.1) is 0 Å². The smallest absolute Gasteiger partial charge is 0.307 e. The van der Waals surface area contributed by atoms with Crippen LogP contribution in [-0.2, 0) is 14.3 Å². The van der Waals surface area contributed by atoms with Crippen molar-refractivity contribution in [1.29, 1.82) is 0 Å². The average molecular weight is 791 g/mol. The predicted molar refractivity (Wildman–Crippen MR) is 204 cm³/mol. The number of methoxy groups -OCH3 is 1. The van der Waals surface area contributed by atoms with Gasteiger partial charge in [0.2, 0.25) is 0 Å². The Hall–Kier alpha value is -6.20. The van der Waals surface area contributed by atoms with E-state index in [0.717, 1.165) is 63.3 Å². The molecule has 57 heavy (non-hydrogen) atoms. The van der Waals surface area contributed by atoms with E-state index < -0.39 is 35.3 Å². The van der Waals surface area contributed by atoms with Crippen LogP contribution in [0.1, 0.15) is 65.2 Å². The van der Waals surface area contributed by atoms with Crippen molar-refractivity contribution < 1.29 is 37.0 Å². The number of fused-ring (bicyclic) bond motifs is 2. The van der Waals surface area contributed by atoms with Gasteiger partial charge in [0.25, 0.3) is 0 Å². The molecule has 6 aromatic rings. The molecule has 6 heterocycles. The Morgan fingerprint density at radius 1 is 0.737 bits per heavy atom. The number of ether oxygens (including phenoxy) is 1. The van der Waals surface area contributed by atoms with Gasteiger partial charge >= 0.3 is 11.9 Å². The van der Waals surface area contributed by atoms with E-state index in [1.165, 1.54) is 19.2 Å². The first-order valence-electron chi connectivity index (χ1n) is 18.7. The van der Waals surface area contributed by atoms with E-state index in [1.807, 2.05) is 13.8 Å². The molecule has 0 spiro atoms. The van der Waals surface area contributed by atoms with Gasteiger partial charge < -0.3 is 30.4 Å². The topological polar surface area (TPSA) is 197 Å². The Kier molecular flexibility index (Phi) is 12.9. The summed E-state index contributed by atoms with van der Waals surface area (Å²) in [5, 5.41) is 16.1. The quantitative estimate of drug-likeness (QED) is 0.0596. The molecular weight excluding hydrogens is 748 g/mol. The second-order valence-corrected chi connectivity index (χ2v) is 13.5. The van der Waals surface area contributed by atoms with Gasteiger partial charge in [-0.1, -0.05) is 26.7 Å². The fourth-order valence-electron chi connectivity index (χ4n) is 6.68. The number of carbonyl (C=O) groups excluding carboxylic acids is 1. The van der Waals surface area contributed by atoms with Crippen LogP contribution in [0.4, 0.5) is 29.2 Å². The number of pyridine rings is 2. The highest BCUT2D eigenvalue weighted by atomic mass is 19.1. The van der Waals surface area contributed by atoms with Crippen molar-refractivity contribution >= 4 is 45.6 Å². The Balaban J connectivity index is 0.000000185. The van der Waals surface area contributed by atoms with Crippen LogP contribution >= 0.6 is 0 Å². The van der Waals surface area contributed by atoms with E-state index in [0.29, 0.717) is 33.2 Å². The number of esters is 1. The van der Waals surface area contributed by atoms with Crippen molar-refractivity contribution in [3.63, 3.8) is 0 Å². The predicted octanol–water partition coefficient (Wildman–Crippen LogP) is 7.82. The second kappa shape index (κ2) is 18.2. The van der Waals surface area contributed by atoms with Crippen LogP contribution in [-0.4, -0.2) is 76.1 Å². The largest absolute Gasteiger partial charge is 0.481 e. The zero-order valence-corrected chi connectivity index (χ0v) is 31.5. The van der Waals surface area contributed by atoms with Gasteiger partial charge in [0.05, 0.1) is 44.7 Å². The zero-order chi connectivity index (χ0) is 40.6. The number of aromatic amines is 2. The number of carboxylic acids is 1. The van der Waals surface area contributed by atoms with Gasteiger partial charge in [0.15, 0.2) is 34.9 Å². The molecule has 0 saturated heterocycles. The summed E-state index contributed by atoms with van der Waals surface area (Å²) in [7, 11) is 1.33. The maximum atomic E-state index is 14.4. The molecule has 5 N–H and O–H groups in total. The van der Waals surface area contributed by atoms with Crippen LogP contribution in [0.5, 0.6) is 0 Å². The number of halogens is 4. The molecular formula is C39H42F4N10O4. The average Bonchev–Trinajstić information content (AvgIpc) is 3.76. The van der Waals surface area contributed by atoms with E-state index in [4.69, 9.17) is 9.84 Å². The molecule has 0 aromatic carbocycles. The summed E-state index contributed by atoms with van der Waals surface area (Å²) in [6, 6.07) is 1.94. The third-order valence-corrected chi connectivity index (χ3v) is 10.1. The minimum Gasteiger partial charge on any atom is -0.481 e. The molecule has 2 fully saturated rings. The monoisotopic (exact) mass is 790 g/mol. The third kappa shape index (κ3) is 9.44. The lowest BCUT2D eigenvalue weighted by atomic mass is 9.78. The number of anilines is 2. The number of aromatic nitrogens is 8. The number of aliphatic carboxylic acids is 1. The third-order valence-electron chi connectivity index (χ3n) is 10.1. The van der Waals surface area contributed by atoms with Crippen LogP contribution in [0.25, 0.3) is 44.8 Å². The number of H-pyrrole nitrogens is 2. The van der Waals surface area contributed by atoms with Gasteiger partial charge in [-0.3, -0.25) is 9.59 Å². The highest BCUT2D eigenvalue weighted by molar-refractivity contribution is 5.92. The fourth-order valence-corrected chi connectivity index (χ4v) is 6.68. The molecule has 2 aliphatic rings. The minimum absolute atomic E-state index is 0.00418. The molecule has 300 valence electrons. The lowest BCUT2D eigenvalue weighted by molar-refractivity contribution is -0.141. The molecule has 0 aliphatic heterocycles. The summed E-state index contributed by atoms with van der Waals surface area (Å²) in [6.45, 7) is 4.00. The van der Waals surface area contributed by atoms with Crippen LogP contribution < -0.4 is 10.6 Å². The van der Waals surface area contributed by atoms with E-state index in [2.05, 4.69) is 50.5 Å². The number of hydrogen-bond acceptors (Lipinski definition) is 11. The lowest BCUT2D eigenvalue weighted by Crippen LogP contribution is -2.36. The normalized spacial score (nSPS) is 14.9. The van der Waals surface area contributed by atoms with Crippen molar-refractivity contribution in [1.82, 2.24) is 39.9 Å². The molecule has 2 atom stereocenters. The summed E-state index contributed by atoms with van der Waals surface area (Å²) in [4.78, 5) is 53.2. The van der Waals surface area contributed by atoms with Crippen LogP contribution in [0, 0.1) is 35.1 Å². The van der Waals surface area contributed by atoms with E-state index in [-0.39, 0.29) is 60.0 Å². The highest BCUT2D eigenvalue weighted by Crippen LogP contribution is 2.35. The first kappa shape index (κ1) is 40.5. The van der Waals surface area contributed by atoms with Crippen molar-refractivity contribution in [2.75, 3.05) is 17.7 Å². The Morgan fingerprint density at radius 2 is 1.18 bits per heavy atom. The van der Waals surface area contributed by atoms with Gasteiger partial charge in [0.1, 0.15) is 22.9 Å². The van der Waals surface area contributed by atoms with E-state index in [1.54, 1.807) is 12.4 Å². The van der Waals surface area contributed by atoms with Gasteiger partial charge in [0, 0.05) is 46.4 Å². The number of nitrogens with one attached hydrogen (secondary N) is 4. The van der Waals surface area contributed by atoms with Gasteiger partial charge in [-0.25, -0.2) is 47.5 Å². The fraction of sp³-hybridized carbons (Fsp3) is 0.385. The molecule has 6 aromatic heterocycles. The number of nitrogens with zero attached hydrogens (tertiary/aromatic N) is 6. The van der Waals surface area contributed by atoms with Gasteiger partial charge in [-0.2, -0.15) is 0 Å². The first-order chi connectivity index (χ1) is 27.6. The van der Waals surface area contributed by atoms with Crippen LogP contribution in [0.3, 0.4) is 0 Å². The molecule has 0 bridgehead atoms. The summed E-state index contributed by atoms with van der Waals surface area (Å²) in [6.07, 6.45) is 13.3. The number of carbonyl (C=O) groups is 2. The molecule has 0 amide bonds. The molecule has 2 saturated carbocycles. The van der Waals surface area contributed by atoms with Crippen LogP contribution in [0.15, 0.2) is 49.3 Å². The molecule has 8 rings (SSSR count). The molecule has 2 aliphatic carbocycles. The first-order valence-corrected chi connectivity index (χ1v) is 18.7. The molecule has 14 nitrogen and oxygen atoms in total. The van der Waals surface area contributed by atoms with E-state index in [9.17, 15) is 27.2 Å². The number of hydrogen-bond donors (Lipinski definition) is 5. The minimum atomic E-state index is -0.952. The van der Waals surface area contributed by atoms with Crippen molar-refractivity contribution in [3.8, 4) is 22.8 Å². The Bertz CT molecular complexity index is 2350. The summed E-state index contributed by atoms with van der Waals surface area (Å²) < 4.78 is 60.5. The number of carboxylic acid groups (broad SMARTS) is 1. The van der Waals surface area contributed by atoms with Crippen molar-refractivity contribution in [2.45, 2.75) is 77.3 Å². The second-order valence-electron chi connectivity index (χ2n) is 13.5. The SMILES string of the molecule is CC.COC(=O)CC(Nc1nc(-c2c[nH]c3ncc(F)cc23)ncc1F)C1CCC1.O=C(O)CC(Nc1nc(-c2c[nH]c3ncc(F)cc23)ncc1F)C1CCC1. The summed E-state index contributed by atoms with van der Waals surface area (Å²) in [5.74, 6) is -2.81. The zero-order valence-electron chi connectivity index (χ0n) is 31.5. The standard InChI is InChI=1S/C19H19F2N5O2.C18H17F2N5O2.C2H6/c1-28-16(27)6-15(10-3-2-4-10)25-19-14(21)9-24-18(26-19)13-8-23-17-12(13)5-11(20)7-22-17;19-10-4-11-12(7-22-16(11)21-6-10)17-23-8-13(20)18(25-17)24-14(5-15(26)27)9-2-1-3-9;1-2/h5,7-10,15H,2-4,6H2,1H3,(H,22,23)(H,24,25,26);4,6-9,14H,1-3,5H2,(H,21,22)(H,26,27)(H,23,24,25);1-2H3. The molecule has 18 heteroatoms. The van der Waals surface area contributed by atoms with E-state index >= 15 is 0 Å². The summed E-state index contributed by atoms with van der Waals surface area (Å²) in [5.41, 5.74) is 1.95. The molecule has 2 unspecified atom stereocenters. The Labute approximate surface area is 324 Å². The Morgan fingerprint density at radius 3 is 1.56 bits per heavy atom. The molecule has 0 radical (unpaired) electrons. The maximum absolute atomic E-state index is 14.4. The van der Waals surface area contributed by atoms with Crippen LogP contribution in [0.2, 0.25) is 0 Å². The van der Waals surface area contributed by atoms with Crippen molar-refractivity contribution in [2.24, 2.45) is 11.8 Å². The lowest BCUT2D eigenvalue weighted by Gasteiger charge is -2.34. The van der Waals surface area contributed by atoms with Crippen molar-refractivity contribution in [3.05, 3.63) is 72.6 Å². The summed E-state index contributed by atoms with van der Waals surface area (Å²) >= 11 is 0. The number of rotatable bonds is 12.